The number of piperidine rings is 1. The van der Waals surface area contributed by atoms with Crippen LogP contribution in [0.2, 0.25) is 0 Å². The van der Waals surface area contributed by atoms with Gasteiger partial charge in [-0.3, -0.25) is 9.69 Å². The van der Waals surface area contributed by atoms with E-state index in [1.807, 2.05) is 23.1 Å². The number of nitrogens with zero attached hydrogens (tertiary/aromatic N) is 2. The van der Waals surface area contributed by atoms with Crippen molar-refractivity contribution in [2.45, 2.75) is 39.2 Å². The number of rotatable bonds is 6. The zero-order valence-electron chi connectivity index (χ0n) is 18.8. The van der Waals surface area contributed by atoms with Gasteiger partial charge in [0.1, 0.15) is 5.75 Å². The van der Waals surface area contributed by atoms with Gasteiger partial charge in [0.05, 0.1) is 0 Å². The maximum atomic E-state index is 12.5. The molecule has 1 atom stereocenters. The lowest BCUT2D eigenvalue weighted by Gasteiger charge is -2.31. The van der Waals surface area contributed by atoms with E-state index in [2.05, 4.69) is 30.0 Å². The molecule has 0 spiro atoms. The van der Waals surface area contributed by atoms with E-state index in [-0.39, 0.29) is 19.3 Å². The largest absolute Gasteiger partial charge is 0.483 e. The van der Waals surface area contributed by atoms with E-state index in [9.17, 15) is 4.79 Å². The lowest BCUT2D eigenvalue weighted by Crippen LogP contribution is -2.34. The Morgan fingerprint density at radius 2 is 1.78 bits per heavy atom. The molecule has 0 saturated carbocycles. The van der Waals surface area contributed by atoms with Crippen molar-refractivity contribution < 1.29 is 19.0 Å². The van der Waals surface area contributed by atoms with E-state index in [1.54, 1.807) is 0 Å². The van der Waals surface area contributed by atoms with E-state index < -0.39 is 0 Å². The van der Waals surface area contributed by atoms with Crippen LogP contribution in [0.3, 0.4) is 0 Å². The van der Waals surface area contributed by atoms with Crippen LogP contribution in [-0.2, 0) is 11.3 Å². The minimum atomic E-state index is 0.0832. The Hall–Kier alpha value is -2.73. The predicted molar refractivity (Wildman–Crippen MR) is 123 cm³/mol. The van der Waals surface area contributed by atoms with Crippen LogP contribution < -0.4 is 14.2 Å². The number of hydrogen-bond acceptors (Lipinski definition) is 5. The van der Waals surface area contributed by atoms with Crippen LogP contribution in [0.4, 0.5) is 0 Å². The van der Waals surface area contributed by atoms with E-state index in [1.165, 1.54) is 12.8 Å². The molecule has 0 unspecified atom stereocenters. The summed E-state index contributed by atoms with van der Waals surface area (Å²) in [6.07, 6.45) is 4.71. The van der Waals surface area contributed by atoms with Crippen molar-refractivity contribution in [3.63, 3.8) is 0 Å². The highest BCUT2D eigenvalue weighted by Gasteiger charge is 2.21. The quantitative estimate of drug-likeness (QED) is 0.675. The van der Waals surface area contributed by atoms with Crippen molar-refractivity contribution in [3.8, 4) is 28.4 Å². The maximum absolute atomic E-state index is 12.5. The van der Waals surface area contributed by atoms with Crippen molar-refractivity contribution in [2.24, 2.45) is 5.92 Å². The Morgan fingerprint density at radius 1 is 1.00 bits per heavy atom. The van der Waals surface area contributed by atoms with Gasteiger partial charge in [-0.15, -0.1) is 0 Å². The number of carbonyl (C=O) groups excluding carboxylic acids is 1. The Bertz CT molecular complexity index is 970. The topological polar surface area (TPSA) is 51.2 Å². The van der Waals surface area contributed by atoms with Crippen LogP contribution in [0, 0.1) is 5.92 Å². The van der Waals surface area contributed by atoms with Crippen molar-refractivity contribution in [1.82, 2.24) is 9.80 Å². The normalized spacial score (nSPS) is 20.5. The van der Waals surface area contributed by atoms with Crippen LogP contribution in [0.1, 0.15) is 38.2 Å². The molecule has 6 heteroatoms. The molecule has 5 rings (SSSR count). The third kappa shape index (κ3) is 4.70. The highest BCUT2D eigenvalue weighted by atomic mass is 16.7. The summed E-state index contributed by atoms with van der Waals surface area (Å²) in [5.74, 6) is 3.17. The predicted octanol–water partition coefficient (Wildman–Crippen LogP) is 4.32. The van der Waals surface area contributed by atoms with Crippen LogP contribution in [0.25, 0.3) is 11.1 Å². The fraction of sp³-hybridized carbons (Fsp3) is 0.500. The van der Waals surface area contributed by atoms with Crippen LogP contribution >= 0.6 is 0 Å². The second kappa shape index (κ2) is 9.41. The number of carbonyl (C=O) groups is 1. The minimum Gasteiger partial charge on any atom is -0.483 e. The first-order valence-electron chi connectivity index (χ1n) is 11.8. The molecule has 3 aliphatic rings. The molecule has 3 aliphatic heterocycles. The molecule has 2 aromatic rings. The second-order valence-electron chi connectivity index (χ2n) is 9.25. The standard InChI is InChI=1S/C26H32N2O4/c1-19-5-4-10-27(15-19)16-22-13-20(21-7-9-24-25(14-21)32-18-31-24)6-8-23(22)30-17-26(29)28-11-2-3-12-28/h6-9,13-14,19H,2-5,10-12,15-18H2,1H3/t19-/m0/s1. The highest BCUT2D eigenvalue weighted by molar-refractivity contribution is 5.78. The second-order valence-corrected chi connectivity index (χ2v) is 9.25. The van der Waals surface area contributed by atoms with Crippen molar-refractivity contribution in [2.75, 3.05) is 39.6 Å². The van der Waals surface area contributed by atoms with Crippen LogP contribution in [-0.4, -0.2) is 55.3 Å². The van der Waals surface area contributed by atoms with Gasteiger partial charge in [0.25, 0.3) is 5.91 Å². The molecule has 0 N–H and O–H groups in total. The molecule has 170 valence electrons. The third-order valence-corrected chi connectivity index (χ3v) is 6.71. The smallest absolute Gasteiger partial charge is 0.260 e. The number of likely N-dealkylation sites (tertiary alicyclic amines) is 2. The summed E-state index contributed by atoms with van der Waals surface area (Å²) in [5.41, 5.74) is 3.33. The van der Waals surface area contributed by atoms with E-state index in [0.717, 1.165) is 79.5 Å². The van der Waals surface area contributed by atoms with Gasteiger partial charge in [0.2, 0.25) is 6.79 Å². The molecule has 1 amide bonds. The van der Waals surface area contributed by atoms with E-state index in [4.69, 9.17) is 14.2 Å². The Balaban J connectivity index is 1.38. The number of ether oxygens (including phenoxy) is 3. The fourth-order valence-corrected chi connectivity index (χ4v) is 4.97. The van der Waals surface area contributed by atoms with Gasteiger partial charge in [-0.1, -0.05) is 19.1 Å². The molecule has 2 aromatic carbocycles. The summed E-state index contributed by atoms with van der Waals surface area (Å²) in [5, 5.41) is 0. The fourth-order valence-electron chi connectivity index (χ4n) is 4.97. The lowest BCUT2D eigenvalue weighted by molar-refractivity contribution is -0.132. The average molecular weight is 437 g/mol. The van der Waals surface area contributed by atoms with E-state index >= 15 is 0 Å². The molecule has 6 nitrogen and oxygen atoms in total. The number of benzene rings is 2. The van der Waals surface area contributed by atoms with Gasteiger partial charge in [-0.2, -0.15) is 0 Å². The number of fused-ring (bicyclic) bond motifs is 1. The zero-order valence-corrected chi connectivity index (χ0v) is 18.8. The number of hydrogen-bond donors (Lipinski definition) is 0. The molecule has 2 fully saturated rings. The summed E-state index contributed by atoms with van der Waals surface area (Å²) in [6, 6.07) is 12.3. The van der Waals surface area contributed by atoms with Gasteiger partial charge >= 0.3 is 0 Å². The first-order chi connectivity index (χ1) is 15.7. The molecule has 0 radical (unpaired) electrons. The van der Waals surface area contributed by atoms with Gasteiger partial charge in [0, 0.05) is 31.7 Å². The summed E-state index contributed by atoms with van der Waals surface area (Å²) in [7, 11) is 0. The SMILES string of the molecule is C[C@H]1CCCN(Cc2cc(-c3ccc4c(c3)OCO4)ccc2OCC(=O)N2CCCC2)C1. The first-order valence-corrected chi connectivity index (χ1v) is 11.8. The Morgan fingerprint density at radius 3 is 2.62 bits per heavy atom. The summed E-state index contributed by atoms with van der Waals surface area (Å²) in [6.45, 7) is 7.43. The van der Waals surface area contributed by atoms with Gasteiger partial charge < -0.3 is 19.1 Å². The monoisotopic (exact) mass is 436 g/mol. The van der Waals surface area contributed by atoms with Crippen molar-refractivity contribution in [3.05, 3.63) is 42.0 Å². The van der Waals surface area contributed by atoms with E-state index in [0.29, 0.717) is 5.92 Å². The summed E-state index contributed by atoms with van der Waals surface area (Å²) in [4.78, 5) is 16.9. The lowest BCUT2D eigenvalue weighted by atomic mass is 9.98. The van der Waals surface area contributed by atoms with Gasteiger partial charge in [0.15, 0.2) is 18.1 Å². The Kier molecular flexibility index (Phi) is 6.21. The average Bonchev–Trinajstić information content (AvgIpc) is 3.50. The summed E-state index contributed by atoms with van der Waals surface area (Å²) >= 11 is 0. The molecule has 3 heterocycles. The van der Waals surface area contributed by atoms with Gasteiger partial charge in [-0.25, -0.2) is 0 Å². The maximum Gasteiger partial charge on any atom is 0.260 e. The van der Waals surface area contributed by atoms with Gasteiger partial charge in [-0.05, 0) is 73.5 Å². The molecule has 0 aliphatic carbocycles. The van der Waals surface area contributed by atoms with Crippen molar-refractivity contribution in [1.29, 1.82) is 0 Å². The zero-order chi connectivity index (χ0) is 21.9. The molecule has 0 aromatic heterocycles. The third-order valence-electron chi connectivity index (χ3n) is 6.71. The minimum absolute atomic E-state index is 0.0832. The molecular weight excluding hydrogens is 404 g/mol. The molecule has 2 saturated heterocycles. The Labute approximate surface area is 190 Å². The highest BCUT2D eigenvalue weighted by Crippen LogP contribution is 2.37. The number of amides is 1. The molecular formula is C26H32N2O4. The van der Waals surface area contributed by atoms with Crippen molar-refractivity contribution >= 4 is 5.91 Å². The molecule has 0 bridgehead atoms. The first kappa shape index (κ1) is 21.1. The molecule has 32 heavy (non-hydrogen) atoms. The van der Waals surface area contributed by atoms with Crippen LogP contribution in [0.15, 0.2) is 36.4 Å². The van der Waals surface area contributed by atoms with Crippen LogP contribution in [0.5, 0.6) is 17.2 Å². The summed E-state index contributed by atoms with van der Waals surface area (Å²) < 4.78 is 17.1.